The summed E-state index contributed by atoms with van der Waals surface area (Å²) >= 11 is 7.04. The van der Waals surface area contributed by atoms with Gasteiger partial charge in [0.2, 0.25) is 5.91 Å². The molecule has 2 aromatic rings. The van der Waals surface area contributed by atoms with Gasteiger partial charge in [0, 0.05) is 11.6 Å². The highest BCUT2D eigenvalue weighted by atomic mass is 35.5. The first-order chi connectivity index (χ1) is 12.4. The van der Waals surface area contributed by atoms with E-state index < -0.39 is 11.9 Å². The number of urea groups is 1. The minimum Gasteiger partial charge on any atom is -0.376 e. The second-order valence-electron chi connectivity index (χ2n) is 5.81. The summed E-state index contributed by atoms with van der Waals surface area (Å²) in [5.74, 6) is -0.668. The van der Waals surface area contributed by atoms with Gasteiger partial charge in [-0.05, 0) is 31.0 Å². The van der Waals surface area contributed by atoms with E-state index in [9.17, 15) is 14.4 Å². The SMILES string of the molecule is NC(=O)NC(=O)CSc1nc2cc(Cl)ccc2c(=O)n1C[C@H]1CCCO1. The Bertz CT molecular complexity index is 911. The first-order valence-electron chi connectivity index (χ1n) is 7.98. The number of fused-ring (bicyclic) bond motifs is 1. The molecule has 10 heteroatoms. The van der Waals surface area contributed by atoms with Crippen LogP contribution < -0.4 is 16.6 Å². The molecule has 138 valence electrons. The number of nitrogens with two attached hydrogens (primary N) is 1. The number of ether oxygens (including phenoxy) is 1. The van der Waals surface area contributed by atoms with Gasteiger partial charge in [0.25, 0.3) is 5.56 Å². The molecule has 8 nitrogen and oxygen atoms in total. The summed E-state index contributed by atoms with van der Waals surface area (Å²) in [5.41, 5.74) is 5.16. The number of carbonyl (C=O) groups excluding carboxylic acids is 2. The number of primary amides is 1. The Morgan fingerprint density at radius 3 is 2.96 bits per heavy atom. The van der Waals surface area contributed by atoms with Crippen molar-refractivity contribution < 1.29 is 14.3 Å². The van der Waals surface area contributed by atoms with E-state index in [0.717, 1.165) is 24.6 Å². The van der Waals surface area contributed by atoms with Crippen LogP contribution in [-0.4, -0.2) is 40.0 Å². The quantitative estimate of drug-likeness (QED) is 0.584. The molecule has 1 aliphatic heterocycles. The number of imide groups is 1. The number of rotatable bonds is 5. The Morgan fingerprint density at radius 2 is 2.27 bits per heavy atom. The number of thioether (sulfide) groups is 1. The van der Waals surface area contributed by atoms with Crippen molar-refractivity contribution in [2.45, 2.75) is 30.6 Å². The van der Waals surface area contributed by atoms with Crippen molar-refractivity contribution in [1.82, 2.24) is 14.9 Å². The van der Waals surface area contributed by atoms with E-state index >= 15 is 0 Å². The normalized spacial score (nSPS) is 16.7. The molecule has 0 unspecified atom stereocenters. The molecular weight excluding hydrogens is 380 g/mol. The largest absolute Gasteiger partial charge is 0.376 e. The van der Waals surface area contributed by atoms with Crippen molar-refractivity contribution in [3.8, 4) is 0 Å². The molecule has 3 N–H and O–H groups in total. The van der Waals surface area contributed by atoms with Crippen molar-refractivity contribution in [3.63, 3.8) is 0 Å². The van der Waals surface area contributed by atoms with Crippen LogP contribution in [-0.2, 0) is 16.1 Å². The lowest BCUT2D eigenvalue weighted by molar-refractivity contribution is -0.117. The van der Waals surface area contributed by atoms with E-state index in [4.69, 9.17) is 22.1 Å². The van der Waals surface area contributed by atoms with Crippen LogP contribution >= 0.6 is 23.4 Å². The average molecular weight is 397 g/mol. The second-order valence-corrected chi connectivity index (χ2v) is 7.19. The molecule has 1 fully saturated rings. The molecule has 0 saturated carbocycles. The number of carbonyl (C=O) groups is 2. The molecule has 0 aliphatic carbocycles. The van der Waals surface area contributed by atoms with E-state index in [2.05, 4.69) is 4.98 Å². The zero-order chi connectivity index (χ0) is 18.7. The summed E-state index contributed by atoms with van der Waals surface area (Å²) in [7, 11) is 0. The molecule has 0 radical (unpaired) electrons. The van der Waals surface area contributed by atoms with Crippen molar-refractivity contribution in [3.05, 3.63) is 33.6 Å². The summed E-state index contributed by atoms with van der Waals surface area (Å²) in [6.07, 6.45) is 1.73. The number of hydrogen-bond donors (Lipinski definition) is 2. The van der Waals surface area contributed by atoms with Crippen molar-refractivity contribution in [1.29, 1.82) is 0 Å². The lowest BCUT2D eigenvalue weighted by Gasteiger charge is -2.16. The van der Waals surface area contributed by atoms with Gasteiger partial charge in [0.05, 0.1) is 29.3 Å². The molecular formula is C16H17ClN4O4S. The molecule has 3 amide bonds. The fraction of sp³-hybridized carbons (Fsp3) is 0.375. The van der Waals surface area contributed by atoms with Gasteiger partial charge in [-0.15, -0.1) is 0 Å². The smallest absolute Gasteiger partial charge is 0.318 e. The number of hydrogen-bond acceptors (Lipinski definition) is 6. The van der Waals surface area contributed by atoms with Crippen LogP contribution in [0.5, 0.6) is 0 Å². The number of nitrogens with one attached hydrogen (secondary N) is 1. The van der Waals surface area contributed by atoms with Gasteiger partial charge in [-0.2, -0.15) is 0 Å². The Morgan fingerprint density at radius 1 is 1.46 bits per heavy atom. The molecule has 26 heavy (non-hydrogen) atoms. The molecule has 3 rings (SSSR count). The van der Waals surface area contributed by atoms with Gasteiger partial charge < -0.3 is 10.5 Å². The first-order valence-corrected chi connectivity index (χ1v) is 9.34. The van der Waals surface area contributed by atoms with E-state index in [1.54, 1.807) is 18.2 Å². The Labute approximate surface area is 158 Å². The fourth-order valence-electron chi connectivity index (χ4n) is 2.74. The summed E-state index contributed by atoms with van der Waals surface area (Å²) < 4.78 is 7.13. The molecule has 1 aromatic carbocycles. The fourth-order valence-corrected chi connectivity index (χ4v) is 3.72. The van der Waals surface area contributed by atoms with Gasteiger partial charge in [0.1, 0.15) is 0 Å². The Hall–Kier alpha value is -2.10. The number of halogens is 1. The van der Waals surface area contributed by atoms with Gasteiger partial charge in [-0.3, -0.25) is 19.5 Å². The minimum absolute atomic E-state index is 0.0713. The molecule has 0 spiro atoms. The molecule has 0 bridgehead atoms. The third kappa shape index (κ3) is 4.35. The highest BCUT2D eigenvalue weighted by Crippen LogP contribution is 2.22. The highest BCUT2D eigenvalue weighted by molar-refractivity contribution is 7.99. The monoisotopic (exact) mass is 396 g/mol. The summed E-state index contributed by atoms with van der Waals surface area (Å²) in [5, 5.41) is 3.25. The summed E-state index contributed by atoms with van der Waals surface area (Å²) in [4.78, 5) is 39.8. The minimum atomic E-state index is -0.925. The van der Waals surface area contributed by atoms with E-state index in [1.807, 2.05) is 5.32 Å². The zero-order valence-corrected chi connectivity index (χ0v) is 15.3. The summed E-state index contributed by atoms with van der Waals surface area (Å²) in [6.45, 7) is 1.02. The van der Waals surface area contributed by atoms with Crippen LogP contribution in [0.2, 0.25) is 5.02 Å². The summed E-state index contributed by atoms with van der Waals surface area (Å²) in [6, 6.07) is 3.94. The second kappa shape index (κ2) is 8.07. The maximum Gasteiger partial charge on any atom is 0.318 e. The van der Waals surface area contributed by atoms with Crippen molar-refractivity contribution >= 4 is 46.2 Å². The van der Waals surface area contributed by atoms with Crippen LogP contribution in [0.4, 0.5) is 4.79 Å². The first kappa shape index (κ1) is 18.7. The number of amides is 3. The Kier molecular flexibility index (Phi) is 5.80. The third-order valence-corrected chi connectivity index (χ3v) is 5.10. The average Bonchev–Trinajstić information content (AvgIpc) is 3.08. The predicted molar refractivity (Wildman–Crippen MR) is 98.4 cm³/mol. The molecule has 1 aliphatic rings. The van der Waals surface area contributed by atoms with Crippen molar-refractivity contribution in [2.75, 3.05) is 12.4 Å². The molecule has 2 heterocycles. The zero-order valence-electron chi connectivity index (χ0n) is 13.7. The predicted octanol–water partition coefficient (Wildman–Crippen LogP) is 1.52. The molecule has 1 saturated heterocycles. The molecule has 1 atom stereocenters. The van der Waals surface area contributed by atoms with Gasteiger partial charge in [-0.25, -0.2) is 9.78 Å². The van der Waals surface area contributed by atoms with Gasteiger partial charge in [0.15, 0.2) is 5.16 Å². The van der Waals surface area contributed by atoms with Gasteiger partial charge >= 0.3 is 6.03 Å². The van der Waals surface area contributed by atoms with Crippen LogP contribution in [0.15, 0.2) is 28.2 Å². The van der Waals surface area contributed by atoms with E-state index in [1.165, 1.54) is 4.57 Å². The highest BCUT2D eigenvalue weighted by Gasteiger charge is 2.21. The number of benzene rings is 1. The molecule has 1 aromatic heterocycles. The Balaban J connectivity index is 1.95. The van der Waals surface area contributed by atoms with Crippen LogP contribution in [0.25, 0.3) is 10.9 Å². The van der Waals surface area contributed by atoms with Crippen LogP contribution in [0.3, 0.4) is 0 Å². The van der Waals surface area contributed by atoms with Crippen LogP contribution in [0, 0.1) is 0 Å². The van der Waals surface area contributed by atoms with Crippen molar-refractivity contribution in [2.24, 2.45) is 5.73 Å². The van der Waals surface area contributed by atoms with Crippen LogP contribution in [0.1, 0.15) is 12.8 Å². The van der Waals surface area contributed by atoms with E-state index in [0.29, 0.717) is 34.2 Å². The lowest BCUT2D eigenvalue weighted by Crippen LogP contribution is -2.36. The third-order valence-electron chi connectivity index (χ3n) is 3.89. The number of nitrogens with zero attached hydrogens (tertiary/aromatic N) is 2. The lowest BCUT2D eigenvalue weighted by atomic mass is 10.2. The standard InChI is InChI=1S/C16H17ClN4O4S/c17-9-3-4-11-12(6-9)19-16(26-8-13(22)20-15(18)24)21(14(11)23)7-10-2-1-5-25-10/h3-4,6,10H,1-2,5,7-8H2,(H3,18,20,22,24)/t10-/m1/s1. The maximum atomic E-state index is 12.9. The number of aromatic nitrogens is 2. The maximum absolute atomic E-state index is 12.9. The van der Waals surface area contributed by atoms with E-state index in [-0.39, 0.29) is 17.4 Å². The topological polar surface area (TPSA) is 116 Å². The van der Waals surface area contributed by atoms with Gasteiger partial charge in [-0.1, -0.05) is 23.4 Å².